The van der Waals surface area contributed by atoms with E-state index < -0.39 is 0 Å². The Morgan fingerprint density at radius 1 is 1.06 bits per heavy atom. The number of hydrogen-bond acceptors (Lipinski definition) is 5. The van der Waals surface area contributed by atoms with Gasteiger partial charge in [0, 0.05) is 24.5 Å². The maximum Gasteiger partial charge on any atom is 0.308 e. The lowest BCUT2D eigenvalue weighted by Crippen LogP contribution is -2.46. The molecule has 0 spiro atoms. The molecule has 5 nitrogen and oxygen atoms in total. The molecule has 0 radical (unpaired) electrons. The minimum absolute atomic E-state index is 0.0134. The number of benzene rings is 2. The van der Waals surface area contributed by atoms with Crippen molar-refractivity contribution in [1.82, 2.24) is 4.90 Å². The second-order valence-electron chi connectivity index (χ2n) is 11.3. The van der Waals surface area contributed by atoms with Crippen LogP contribution in [0, 0.1) is 29.1 Å². The maximum atomic E-state index is 12.3. The second-order valence-corrected chi connectivity index (χ2v) is 11.3. The summed E-state index contributed by atoms with van der Waals surface area (Å²) in [6.45, 7) is 4.21. The number of nitrogens with zero attached hydrogens (tertiary/aromatic N) is 2. The summed E-state index contributed by atoms with van der Waals surface area (Å²) in [6.07, 6.45) is 11.4. The third-order valence-corrected chi connectivity index (χ3v) is 9.14. The van der Waals surface area contributed by atoms with Gasteiger partial charge in [-0.05, 0) is 92.7 Å². The van der Waals surface area contributed by atoms with Gasteiger partial charge in [-0.1, -0.05) is 31.5 Å². The number of fused-ring (bicyclic) bond motifs is 6. The summed E-state index contributed by atoms with van der Waals surface area (Å²) < 4.78 is 11.5. The van der Waals surface area contributed by atoms with Crippen molar-refractivity contribution in [1.29, 1.82) is 5.26 Å². The molecular weight excluding hydrogens is 448 g/mol. The van der Waals surface area contributed by atoms with E-state index >= 15 is 0 Å². The Balaban J connectivity index is 1.35. The number of rotatable bonds is 6. The lowest BCUT2D eigenvalue weighted by atomic mass is 9.78. The normalized spacial score (nSPS) is 28.8. The molecule has 3 atom stereocenters. The molecule has 2 bridgehead atoms. The minimum atomic E-state index is -0.0532. The van der Waals surface area contributed by atoms with Gasteiger partial charge in [0.1, 0.15) is 17.4 Å². The molecule has 0 N–H and O–H groups in total. The van der Waals surface area contributed by atoms with Crippen LogP contribution in [0.15, 0.2) is 30.3 Å². The van der Waals surface area contributed by atoms with Gasteiger partial charge in [0.2, 0.25) is 0 Å². The van der Waals surface area contributed by atoms with Gasteiger partial charge in [0.05, 0.1) is 19.1 Å². The molecule has 4 fully saturated rings. The molecule has 2 aliphatic carbocycles. The van der Waals surface area contributed by atoms with Crippen molar-refractivity contribution >= 4 is 16.7 Å². The van der Waals surface area contributed by atoms with E-state index in [4.69, 9.17) is 9.47 Å². The molecule has 2 aromatic carbocycles. The fourth-order valence-corrected chi connectivity index (χ4v) is 6.87. The minimum Gasteiger partial charge on any atom is -0.489 e. The number of ether oxygens (including phenoxy) is 2. The lowest BCUT2D eigenvalue weighted by Gasteiger charge is -2.43. The average Bonchev–Trinajstić information content (AvgIpc) is 2.89. The highest BCUT2D eigenvalue weighted by Crippen LogP contribution is 2.37. The Kier molecular flexibility index (Phi) is 7.82. The van der Waals surface area contributed by atoms with Crippen LogP contribution in [0.5, 0.6) is 5.75 Å². The van der Waals surface area contributed by atoms with E-state index in [-0.39, 0.29) is 18.0 Å². The van der Waals surface area contributed by atoms with E-state index in [0.29, 0.717) is 17.5 Å². The van der Waals surface area contributed by atoms with Crippen LogP contribution in [-0.4, -0.2) is 36.7 Å². The highest BCUT2D eigenvalue weighted by molar-refractivity contribution is 5.90. The smallest absolute Gasteiger partial charge is 0.308 e. The Labute approximate surface area is 215 Å². The molecule has 0 amide bonds. The number of methoxy groups -OCH3 is 1. The summed E-state index contributed by atoms with van der Waals surface area (Å²) in [6, 6.07) is 13.5. The van der Waals surface area contributed by atoms with Crippen LogP contribution in [0.4, 0.5) is 0 Å². The molecule has 0 aromatic heterocycles. The van der Waals surface area contributed by atoms with Crippen molar-refractivity contribution in [3.63, 3.8) is 0 Å². The summed E-state index contributed by atoms with van der Waals surface area (Å²) in [5.74, 6) is 2.16. The molecule has 3 unspecified atom stereocenters. The van der Waals surface area contributed by atoms with E-state index in [9.17, 15) is 10.1 Å². The van der Waals surface area contributed by atoms with Crippen LogP contribution in [0.2, 0.25) is 0 Å². The van der Waals surface area contributed by atoms with Gasteiger partial charge in [-0.25, -0.2) is 0 Å². The van der Waals surface area contributed by atoms with Crippen LogP contribution >= 0.6 is 0 Å². The second kappa shape index (κ2) is 11.2. The van der Waals surface area contributed by atoms with E-state index in [1.165, 1.54) is 38.4 Å². The monoisotopic (exact) mass is 488 g/mol. The number of nitriles is 1. The first-order chi connectivity index (χ1) is 17.6. The van der Waals surface area contributed by atoms with Gasteiger partial charge in [-0.2, -0.15) is 5.26 Å². The van der Waals surface area contributed by atoms with Crippen LogP contribution in [0.25, 0.3) is 10.8 Å². The maximum absolute atomic E-state index is 12.3. The zero-order valence-corrected chi connectivity index (χ0v) is 21.9. The average molecular weight is 489 g/mol. The number of carbonyl (C=O) groups excluding carboxylic acids is 1. The standard InChI is InChI=1S/C31H40N2O3/c1-3-21-7-13-27(14-8-21)36-30-15-11-24-9-5-23(16-28(24)29(30)18-32)20-33-19-22-4-10-25(31(34)35-2)17-26(33)12-6-22/h5,9,11,15-16,21-22,25-27H,3-4,6-8,10,12-14,17,19-20H2,1-2H3. The molecule has 2 aromatic rings. The fraction of sp³-hybridized carbons (Fsp3) is 0.613. The Morgan fingerprint density at radius 3 is 2.58 bits per heavy atom. The molecule has 2 aliphatic heterocycles. The molecule has 2 saturated heterocycles. The highest BCUT2D eigenvalue weighted by atomic mass is 16.5. The van der Waals surface area contributed by atoms with Gasteiger partial charge in [0.25, 0.3) is 0 Å². The zero-order chi connectivity index (χ0) is 25.1. The Hall–Kier alpha value is -2.58. The highest BCUT2D eigenvalue weighted by Gasteiger charge is 2.36. The van der Waals surface area contributed by atoms with Crippen molar-refractivity contribution < 1.29 is 14.3 Å². The number of esters is 1. The number of carbonyl (C=O) groups is 1. The molecule has 2 heterocycles. The van der Waals surface area contributed by atoms with E-state index in [1.807, 2.05) is 6.07 Å². The van der Waals surface area contributed by atoms with Crippen molar-refractivity contribution in [3.05, 3.63) is 41.5 Å². The third-order valence-electron chi connectivity index (χ3n) is 9.14. The summed E-state index contributed by atoms with van der Waals surface area (Å²) >= 11 is 0. The lowest BCUT2D eigenvalue weighted by molar-refractivity contribution is -0.147. The van der Waals surface area contributed by atoms with Gasteiger partial charge < -0.3 is 9.47 Å². The first-order valence-electron chi connectivity index (χ1n) is 14.0. The largest absolute Gasteiger partial charge is 0.489 e. The van der Waals surface area contributed by atoms with E-state index in [1.54, 1.807) is 0 Å². The van der Waals surface area contributed by atoms with Crippen molar-refractivity contribution in [2.45, 2.75) is 89.8 Å². The van der Waals surface area contributed by atoms with Crippen LogP contribution < -0.4 is 4.74 Å². The van der Waals surface area contributed by atoms with Crippen LogP contribution in [0.3, 0.4) is 0 Å². The van der Waals surface area contributed by atoms with Crippen LogP contribution in [-0.2, 0) is 16.1 Å². The Bertz CT molecular complexity index is 1110. The quantitative estimate of drug-likeness (QED) is 0.428. The molecule has 36 heavy (non-hydrogen) atoms. The first kappa shape index (κ1) is 25.1. The van der Waals surface area contributed by atoms with Crippen molar-refractivity contribution in [2.75, 3.05) is 13.7 Å². The molecular formula is C31H40N2O3. The van der Waals surface area contributed by atoms with E-state index in [0.717, 1.165) is 74.1 Å². The molecule has 5 heteroatoms. The van der Waals surface area contributed by atoms with Crippen molar-refractivity contribution in [2.24, 2.45) is 17.8 Å². The predicted molar refractivity (Wildman–Crippen MR) is 142 cm³/mol. The van der Waals surface area contributed by atoms with Gasteiger partial charge in [-0.3, -0.25) is 9.69 Å². The predicted octanol–water partition coefficient (Wildman–Crippen LogP) is 6.61. The van der Waals surface area contributed by atoms with Crippen LogP contribution in [0.1, 0.15) is 82.3 Å². The summed E-state index contributed by atoms with van der Waals surface area (Å²) in [5, 5.41) is 12.2. The molecule has 2 saturated carbocycles. The first-order valence-corrected chi connectivity index (χ1v) is 14.0. The molecule has 192 valence electrons. The van der Waals surface area contributed by atoms with Gasteiger partial charge >= 0.3 is 5.97 Å². The fourth-order valence-electron chi connectivity index (χ4n) is 6.87. The zero-order valence-electron chi connectivity index (χ0n) is 21.9. The van der Waals surface area contributed by atoms with Crippen molar-refractivity contribution in [3.8, 4) is 11.8 Å². The third kappa shape index (κ3) is 5.39. The summed E-state index contributed by atoms with van der Waals surface area (Å²) in [7, 11) is 1.51. The molecule has 6 rings (SSSR count). The number of hydrogen-bond donors (Lipinski definition) is 0. The topological polar surface area (TPSA) is 62.6 Å². The van der Waals surface area contributed by atoms with Gasteiger partial charge in [0.15, 0.2) is 0 Å². The van der Waals surface area contributed by atoms with E-state index in [2.05, 4.69) is 42.2 Å². The summed E-state index contributed by atoms with van der Waals surface area (Å²) in [4.78, 5) is 14.9. The summed E-state index contributed by atoms with van der Waals surface area (Å²) in [5.41, 5.74) is 1.88. The Morgan fingerprint density at radius 2 is 1.83 bits per heavy atom. The SMILES string of the molecule is CCC1CCC(Oc2ccc3ccc(CN4CC5CCC(C(=O)OC)CC4CC5)cc3c2C#N)CC1. The van der Waals surface area contributed by atoms with Gasteiger partial charge in [-0.15, -0.1) is 0 Å². The molecule has 4 aliphatic rings. The number of piperidine rings is 1.